The van der Waals surface area contributed by atoms with Gasteiger partial charge in [0.2, 0.25) is 0 Å². The van der Waals surface area contributed by atoms with Crippen LogP contribution in [0.2, 0.25) is 0 Å². The summed E-state index contributed by atoms with van der Waals surface area (Å²) in [7, 11) is 1.56. The van der Waals surface area contributed by atoms with Crippen molar-refractivity contribution in [2.45, 2.75) is 20.3 Å². The number of hydrogen-bond donors (Lipinski definition) is 1. The number of carbonyl (C=O) groups excluding carboxylic acids is 2. The number of hydrogen-bond acceptors (Lipinski definition) is 5. The maximum Gasteiger partial charge on any atom is 0.331 e. The Hall–Kier alpha value is -3.28. The van der Waals surface area contributed by atoms with E-state index in [1.54, 1.807) is 31.4 Å². The van der Waals surface area contributed by atoms with Gasteiger partial charge in [0.15, 0.2) is 18.1 Å². The number of aryl methyl sites for hydroxylation is 1. The second kappa shape index (κ2) is 10.8. The van der Waals surface area contributed by atoms with Gasteiger partial charge in [-0.25, -0.2) is 4.79 Å². The number of methoxy groups -OCH3 is 1. The Labute approximate surface area is 165 Å². The zero-order chi connectivity index (χ0) is 20.4. The number of para-hydroxylation sites is 1. The number of ether oxygens (including phenoxy) is 3. The van der Waals surface area contributed by atoms with Crippen molar-refractivity contribution in [3.8, 4) is 11.5 Å². The summed E-state index contributed by atoms with van der Waals surface area (Å²) in [4.78, 5) is 23.8. The molecule has 0 aliphatic carbocycles. The summed E-state index contributed by atoms with van der Waals surface area (Å²) < 4.78 is 15.9. The molecule has 0 saturated carbocycles. The van der Waals surface area contributed by atoms with E-state index in [9.17, 15) is 9.59 Å². The van der Waals surface area contributed by atoms with E-state index in [1.807, 2.05) is 38.1 Å². The zero-order valence-corrected chi connectivity index (χ0v) is 16.4. The van der Waals surface area contributed by atoms with Gasteiger partial charge in [-0.1, -0.05) is 31.2 Å². The van der Waals surface area contributed by atoms with Crippen molar-refractivity contribution < 1.29 is 23.8 Å². The fourth-order valence-corrected chi connectivity index (χ4v) is 2.37. The molecule has 1 N–H and O–H groups in total. The monoisotopic (exact) mass is 383 g/mol. The Morgan fingerprint density at radius 1 is 1.11 bits per heavy atom. The maximum absolute atomic E-state index is 11.9. The molecule has 28 heavy (non-hydrogen) atoms. The highest BCUT2D eigenvalue weighted by Gasteiger charge is 2.08. The van der Waals surface area contributed by atoms with Crippen molar-refractivity contribution in [1.29, 1.82) is 0 Å². The number of nitrogens with one attached hydrogen (secondary N) is 1. The smallest absolute Gasteiger partial charge is 0.331 e. The SMILES string of the molecule is CCCOc1ccc(/C=C/C(=O)OCC(=O)Nc2ccccc2C)cc1OC. The lowest BCUT2D eigenvalue weighted by atomic mass is 10.2. The molecule has 0 radical (unpaired) electrons. The quantitative estimate of drug-likeness (QED) is 0.524. The highest BCUT2D eigenvalue weighted by Crippen LogP contribution is 2.28. The standard InChI is InChI=1S/C22H25NO5/c1-4-13-27-19-11-9-17(14-20(19)26-3)10-12-22(25)28-15-21(24)23-18-8-6-5-7-16(18)2/h5-12,14H,4,13,15H2,1-3H3,(H,23,24)/b12-10+. The van der Waals surface area contributed by atoms with E-state index >= 15 is 0 Å². The third kappa shape index (κ3) is 6.46. The molecular formula is C22H25NO5. The van der Waals surface area contributed by atoms with E-state index in [1.165, 1.54) is 6.08 Å². The van der Waals surface area contributed by atoms with Crippen LogP contribution in [0.25, 0.3) is 6.08 Å². The second-order valence-electron chi connectivity index (χ2n) is 6.06. The minimum atomic E-state index is -0.606. The molecule has 6 nitrogen and oxygen atoms in total. The lowest BCUT2D eigenvalue weighted by molar-refractivity contribution is -0.142. The fraction of sp³-hybridized carbons (Fsp3) is 0.273. The van der Waals surface area contributed by atoms with Gasteiger partial charge in [-0.3, -0.25) is 4.79 Å². The summed E-state index contributed by atoms with van der Waals surface area (Å²) in [6, 6.07) is 12.7. The fourth-order valence-electron chi connectivity index (χ4n) is 2.37. The molecule has 0 bridgehead atoms. The van der Waals surface area contributed by atoms with Crippen molar-refractivity contribution in [3.05, 3.63) is 59.7 Å². The Kier molecular flexibility index (Phi) is 8.09. The lowest BCUT2D eigenvalue weighted by Crippen LogP contribution is -2.20. The van der Waals surface area contributed by atoms with Gasteiger partial charge in [-0.2, -0.15) is 0 Å². The van der Waals surface area contributed by atoms with Crippen LogP contribution in [0.1, 0.15) is 24.5 Å². The first kappa shape index (κ1) is 21.0. The van der Waals surface area contributed by atoms with E-state index in [-0.39, 0.29) is 6.61 Å². The van der Waals surface area contributed by atoms with E-state index < -0.39 is 11.9 Å². The van der Waals surface area contributed by atoms with Crippen LogP contribution >= 0.6 is 0 Å². The largest absolute Gasteiger partial charge is 0.493 e. The molecule has 0 saturated heterocycles. The van der Waals surface area contributed by atoms with Crippen molar-refractivity contribution in [1.82, 2.24) is 0 Å². The van der Waals surface area contributed by atoms with Crippen LogP contribution in [0.4, 0.5) is 5.69 Å². The molecule has 0 atom stereocenters. The highest BCUT2D eigenvalue weighted by atomic mass is 16.5. The molecule has 0 spiro atoms. The predicted octanol–water partition coefficient (Wildman–Crippen LogP) is 3.99. The molecule has 148 valence electrons. The minimum absolute atomic E-state index is 0.357. The Morgan fingerprint density at radius 2 is 1.89 bits per heavy atom. The van der Waals surface area contributed by atoms with Crippen LogP contribution in [-0.4, -0.2) is 32.2 Å². The highest BCUT2D eigenvalue weighted by molar-refractivity contribution is 5.95. The molecule has 0 fully saturated rings. The molecule has 2 rings (SSSR count). The first-order valence-corrected chi connectivity index (χ1v) is 9.04. The molecule has 0 aliphatic heterocycles. The van der Waals surface area contributed by atoms with Crippen LogP contribution in [0.15, 0.2) is 48.5 Å². The van der Waals surface area contributed by atoms with Crippen molar-refractivity contribution >= 4 is 23.6 Å². The number of esters is 1. The summed E-state index contributed by atoms with van der Waals surface area (Å²) in [6.45, 7) is 4.15. The Morgan fingerprint density at radius 3 is 2.61 bits per heavy atom. The van der Waals surface area contributed by atoms with E-state index in [2.05, 4.69) is 5.32 Å². The van der Waals surface area contributed by atoms with Crippen LogP contribution in [0, 0.1) is 6.92 Å². The molecule has 0 unspecified atom stereocenters. The third-order valence-corrected chi connectivity index (χ3v) is 3.83. The number of rotatable bonds is 9. The van der Waals surface area contributed by atoms with Crippen LogP contribution in [-0.2, 0) is 14.3 Å². The molecule has 1 amide bonds. The second-order valence-corrected chi connectivity index (χ2v) is 6.06. The van der Waals surface area contributed by atoms with E-state index in [0.29, 0.717) is 23.8 Å². The van der Waals surface area contributed by atoms with Gasteiger partial charge in [0.25, 0.3) is 5.91 Å². The van der Waals surface area contributed by atoms with Gasteiger partial charge in [0.05, 0.1) is 13.7 Å². The Bertz CT molecular complexity index is 845. The van der Waals surface area contributed by atoms with Gasteiger partial charge in [0.1, 0.15) is 0 Å². The molecule has 6 heteroatoms. The zero-order valence-electron chi connectivity index (χ0n) is 16.4. The molecule has 2 aromatic rings. The van der Waals surface area contributed by atoms with E-state index in [0.717, 1.165) is 17.5 Å². The van der Waals surface area contributed by atoms with Crippen molar-refractivity contribution in [2.75, 3.05) is 25.6 Å². The summed E-state index contributed by atoms with van der Waals surface area (Å²) >= 11 is 0. The summed E-state index contributed by atoms with van der Waals surface area (Å²) in [5.41, 5.74) is 2.38. The molecular weight excluding hydrogens is 358 g/mol. The average molecular weight is 383 g/mol. The normalized spacial score (nSPS) is 10.5. The summed E-state index contributed by atoms with van der Waals surface area (Å²) in [6.07, 6.45) is 3.75. The van der Waals surface area contributed by atoms with Gasteiger partial charge in [-0.15, -0.1) is 0 Å². The lowest BCUT2D eigenvalue weighted by Gasteiger charge is -2.10. The van der Waals surface area contributed by atoms with E-state index in [4.69, 9.17) is 14.2 Å². The Balaban J connectivity index is 1.87. The minimum Gasteiger partial charge on any atom is -0.493 e. The van der Waals surface area contributed by atoms with Crippen LogP contribution in [0.3, 0.4) is 0 Å². The maximum atomic E-state index is 11.9. The molecule has 0 aliphatic rings. The van der Waals surface area contributed by atoms with Gasteiger partial charge >= 0.3 is 5.97 Å². The van der Waals surface area contributed by atoms with Crippen LogP contribution in [0.5, 0.6) is 11.5 Å². The number of amides is 1. The van der Waals surface area contributed by atoms with Gasteiger partial charge < -0.3 is 19.5 Å². The molecule has 0 aromatic heterocycles. The van der Waals surface area contributed by atoms with Gasteiger partial charge in [-0.05, 0) is 48.7 Å². The van der Waals surface area contributed by atoms with Crippen LogP contribution < -0.4 is 14.8 Å². The topological polar surface area (TPSA) is 73.9 Å². The number of anilines is 1. The summed E-state index contributed by atoms with van der Waals surface area (Å²) in [5.74, 6) is 0.235. The van der Waals surface area contributed by atoms with Crippen molar-refractivity contribution in [2.24, 2.45) is 0 Å². The third-order valence-electron chi connectivity index (χ3n) is 3.83. The predicted molar refractivity (Wildman–Crippen MR) is 109 cm³/mol. The molecule has 0 heterocycles. The average Bonchev–Trinajstić information content (AvgIpc) is 2.71. The number of benzene rings is 2. The summed E-state index contributed by atoms with van der Waals surface area (Å²) in [5, 5.41) is 2.71. The first-order valence-electron chi connectivity index (χ1n) is 9.04. The number of carbonyl (C=O) groups is 2. The molecule has 2 aromatic carbocycles. The first-order chi connectivity index (χ1) is 13.5. The van der Waals surface area contributed by atoms with Crippen molar-refractivity contribution in [3.63, 3.8) is 0 Å². The van der Waals surface area contributed by atoms with Gasteiger partial charge in [0, 0.05) is 11.8 Å².